The molecule has 1 atom stereocenters. The Balaban J connectivity index is 2.19. The second-order valence-electron chi connectivity index (χ2n) is 5.63. The van der Waals surface area contributed by atoms with Gasteiger partial charge in [0.25, 0.3) is 0 Å². The molecular weight excluding hydrogens is 291 g/mol. The number of aryl methyl sites for hydroxylation is 1. The SMILES string of the molecule is CC1(c2cc(Cl)c(O)c(Cl)c2)CCCc2ccccc21. The van der Waals surface area contributed by atoms with E-state index < -0.39 is 0 Å². The number of fused-ring (bicyclic) bond motifs is 1. The highest BCUT2D eigenvalue weighted by molar-refractivity contribution is 6.37. The van der Waals surface area contributed by atoms with E-state index in [2.05, 4.69) is 31.2 Å². The van der Waals surface area contributed by atoms with Gasteiger partial charge in [0.1, 0.15) is 0 Å². The van der Waals surface area contributed by atoms with Crippen molar-refractivity contribution >= 4 is 23.2 Å². The van der Waals surface area contributed by atoms with E-state index >= 15 is 0 Å². The summed E-state index contributed by atoms with van der Waals surface area (Å²) in [6.45, 7) is 2.23. The molecular formula is C17H16Cl2O. The van der Waals surface area contributed by atoms with Crippen molar-refractivity contribution in [1.29, 1.82) is 0 Å². The van der Waals surface area contributed by atoms with E-state index in [0.29, 0.717) is 10.0 Å². The molecule has 104 valence electrons. The summed E-state index contributed by atoms with van der Waals surface area (Å²) < 4.78 is 0. The van der Waals surface area contributed by atoms with Crippen LogP contribution in [0, 0.1) is 0 Å². The number of phenolic OH excluding ortho intramolecular Hbond substituents is 1. The molecule has 20 heavy (non-hydrogen) atoms. The summed E-state index contributed by atoms with van der Waals surface area (Å²) >= 11 is 12.2. The van der Waals surface area contributed by atoms with E-state index in [4.69, 9.17) is 23.2 Å². The van der Waals surface area contributed by atoms with Gasteiger partial charge in [-0.05, 0) is 48.1 Å². The summed E-state index contributed by atoms with van der Waals surface area (Å²) in [7, 11) is 0. The molecule has 2 aromatic rings. The predicted octanol–water partition coefficient (Wildman–Crippen LogP) is 5.34. The van der Waals surface area contributed by atoms with E-state index in [9.17, 15) is 5.11 Å². The topological polar surface area (TPSA) is 20.2 Å². The third-order valence-corrected chi connectivity index (χ3v) is 4.96. The highest BCUT2D eigenvalue weighted by Crippen LogP contribution is 2.45. The smallest absolute Gasteiger partial charge is 0.152 e. The van der Waals surface area contributed by atoms with Gasteiger partial charge in [0.2, 0.25) is 0 Å². The van der Waals surface area contributed by atoms with Crippen LogP contribution in [-0.2, 0) is 11.8 Å². The van der Waals surface area contributed by atoms with Crippen molar-refractivity contribution in [3.63, 3.8) is 0 Å². The molecule has 0 fully saturated rings. The lowest BCUT2D eigenvalue weighted by molar-refractivity contribution is 0.459. The van der Waals surface area contributed by atoms with Crippen molar-refractivity contribution in [2.24, 2.45) is 0 Å². The standard InChI is InChI=1S/C17H16Cl2O/c1-17(12-9-14(18)16(20)15(19)10-12)8-4-6-11-5-2-3-7-13(11)17/h2-3,5,7,9-10,20H,4,6,8H2,1H3. The summed E-state index contributed by atoms with van der Waals surface area (Å²) in [5.74, 6) is -0.0372. The van der Waals surface area contributed by atoms with E-state index in [1.165, 1.54) is 11.1 Å². The van der Waals surface area contributed by atoms with Crippen LogP contribution in [-0.4, -0.2) is 5.11 Å². The predicted molar refractivity (Wildman–Crippen MR) is 84.0 cm³/mol. The molecule has 0 aliphatic heterocycles. The highest BCUT2D eigenvalue weighted by atomic mass is 35.5. The molecule has 3 heteroatoms. The Labute approximate surface area is 129 Å². The van der Waals surface area contributed by atoms with Crippen molar-refractivity contribution in [1.82, 2.24) is 0 Å². The Kier molecular flexibility index (Phi) is 3.43. The zero-order valence-electron chi connectivity index (χ0n) is 11.3. The van der Waals surface area contributed by atoms with Gasteiger partial charge in [-0.15, -0.1) is 0 Å². The fourth-order valence-electron chi connectivity index (χ4n) is 3.23. The second-order valence-corrected chi connectivity index (χ2v) is 6.45. The lowest BCUT2D eigenvalue weighted by Gasteiger charge is -2.37. The normalized spacial score (nSPS) is 21.6. The van der Waals surface area contributed by atoms with Crippen molar-refractivity contribution in [3.05, 3.63) is 63.1 Å². The van der Waals surface area contributed by atoms with Crippen LogP contribution in [0.1, 0.15) is 36.5 Å². The lowest BCUT2D eigenvalue weighted by atomic mass is 9.67. The first kappa shape index (κ1) is 13.8. The second kappa shape index (κ2) is 4.98. The summed E-state index contributed by atoms with van der Waals surface area (Å²) in [6.07, 6.45) is 3.32. The third-order valence-electron chi connectivity index (χ3n) is 4.39. The van der Waals surface area contributed by atoms with Gasteiger partial charge < -0.3 is 5.11 Å². The molecule has 1 aliphatic carbocycles. The van der Waals surface area contributed by atoms with Crippen molar-refractivity contribution in [3.8, 4) is 5.75 Å². The fourth-order valence-corrected chi connectivity index (χ4v) is 3.71. The molecule has 1 N–H and O–H groups in total. The number of benzene rings is 2. The molecule has 0 saturated heterocycles. The summed E-state index contributed by atoms with van der Waals surface area (Å²) in [4.78, 5) is 0. The lowest BCUT2D eigenvalue weighted by Crippen LogP contribution is -2.28. The number of hydrogen-bond donors (Lipinski definition) is 1. The van der Waals surface area contributed by atoms with Crippen molar-refractivity contribution in [2.75, 3.05) is 0 Å². The largest absolute Gasteiger partial charge is 0.505 e. The monoisotopic (exact) mass is 306 g/mol. The van der Waals surface area contributed by atoms with Crippen LogP contribution in [0.2, 0.25) is 10.0 Å². The maximum Gasteiger partial charge on any atom is 0.152 e. The molecule has 1 unspecified atom stereocenters. The average Bonchev–Trinajstić information content (AvgIpc) is 2.45. The minimum Gasteiger partial charge on any atom is -0.505 e. The van der Waals surface area contributed by atoms with Gasteiger partial charge >= 0.3 is 0 Å². The Bertz CT molecular complexity index is 643. The van der Waals surface area contributed by atoms with Crippen LogP contribution in [0.4, 0.5) is 0 Å². The minimum absolute atomic E-state index is 0.0372. The first-order chi connectivity index (χ1) is 9.52. The van der Waals surface area contributed by atoms with Gasteiger partial charge in [-0.25, -0.2) is 0 Å². The van der Waals surface area contributed by atoms with Crippen molar-refractivity contribution < 1.29 is 5.11 Å². The highest BCUT2D eigenvalue weighted by Gasteiger charge is 2.34. The number of hydrogen-bond acceptors (Lipinski definition) is 1. The van der Waals surface area contributed by atoms with Crippen LogP contribution in [0.5, 0.6) is 5.75 Å². The van der Waals surface area contributed by atoms with E-state index in [1.807, 2.05) is 12.1 Å². The molecule has 2 aromatic carbocycles. The fraction of sp³-hybridized carbons (Fsp3) is 0.294. The molecule has 1 aliphatic rings. The van der Waals surface area contributed by atoms with Crippen LogP contribution in [0.3, 0.4) is 0 Å². The molecule has 0 bridgehead atoms. The summed E-state index contributed by atoms with van der Waals surface area (Å²) in [5, 5.41) is 10.4. The van der Waals surface area contributed by atoms with Crippen molar-refractivity contribution in [2.45, 2.75) is 31.6 Å². The van der Waals surface area contributed by atoms with Crippen LogP contribution < -0.4 is 0 Å². The van der Waals surface area contributed by atoms with Gasteiger partial charge in [-0.3, -0.25) is 0 Å². The number of aromatic hydroxyl groups is 1. The molecule has 0 radical (unpaired) electrons. The minimum atomic E-state index is -0.101. The average molecular weight is 307 g/mol. The first-order valence-electron chi connectivity index (χ1n) is 6.79. The van der Waals surface area contributed by atoms with Crippen LogP contribution in [0.25, 0.3) is 0 Å². The zero-order chi connectivity index (χ0) is 14.3. The number of halogens is 2. The van der Waals surface area contributed by atoms with Gasteiger partial charge in [0.05, 0.1) is 10.0 Å². The Hall–Kier alpha value is -1.18. The zero-order valence-corrected chi connectivity index (χ0v) is 12.8. The Morgan fingerprint density at radius 3 is 2.45 bits per heavy atom. The van der Waals surface area contributed by atoms with Gasteiger partial charge in [-0.2, -0.15) is 0 Å². The maximum absolute atomic E-state index is 9.74. The molecule has 0 aromatic heterocycles. The van der Waals surface area contributed by atoms with E-state index in [1.54, 1.807) is 0 Å². The Morgan fingerprint density at radius 1 is 1.10 bits per heavy atom. The quantitative estimate of drug-likeness (QED) is 0.754. The molecule has 1 nitrogen and oxygen atoms in total. The number of rotatable bonds is 1. The molecule has 0 saturated carbocycles. The van der Waals surface area contributed by atoms with Crippen LogP contribution >= 0.6 is 23.2 Å². The molecule has 0 amide bonds. The Morgan fingerprint density at radius 2 is 1.75 bits per heavy atom. The van der Waals surface area contributed by atoms with Crippen LogP contribution in [0.15, 0.2) is 36.4 Å². The first-order valence-corrected chi connectivity index (χ1v) is 7.55. The van der Waals surface area contributed by atoms with E-state index in [0.717, 1.165) is 24.8 Å². The number of phenols is 1. The van der Waals surface area contributed by atoms with Gasteiger partial charge in [0, 0.05) is 5.41 Å². The molecule has 0 heterocycles. The van der Waals surface area contributed by atoms with E-state index in [-0.39, 0.29) is 11.2 Å². The molecule has 3 rings (SSSR count). The molecule has 0 spiro atoms. The summed E-state index contributed by atoms with van der Waals surface area (Å²) in [6, 6.07) is 12.2. The maximum atomic E-state index is 9.74. The third kappa shape index (κ3) is 2.10. The van der Waals surface area contributed by atoms with Gasteiger partial charge in [0.15, 0.2) is 5.75 Å². The summed E-state index contributed by atoms with van der Waals surface area (Å²) in [5.41, 5.74) is 3.69. The van der Waals surface area contributed by atoms with Gasteiger partial charge in [-0.1, -0.05) is 54.4 Å².